The number of rotatable bonds is 6. The molecular weight excluding hydrogens is 272 g/mol. The third-order valence-corrected chi connectivity index (χ3v) is 2.90. The summed E-state index contributed by atoms with van der Waals surface area (Å²) < 4.78 is 0. The molecule has 0 fully saturated rings. The van der Waals surface area contributed by atoms with Gasteiger partial charge in [-0.1, -0.05) is 26.0 Å². The minimum atomic E-state index is -0.962. The van der Waals surface area contributed by atoms with Gasteiger partial charge in [-0.15, -0.1) is 0 Å². The van der Waals surface area contributed by atoms with E-state index in [0.29, 0.717) is 5.69 Å². The lowest BCUT2D eigenvalue weighted by molar-refractivity contribution is -0.138. The first-order valence-corrected chi connectivity index (χ1v) is 6.82. The first-order valence-electron chi connectivity index (χ1n) is 6.82. The third-order valence-electron chi connectivity index (χ3n) is 2.90. The van der Waals surface area contributed by atoms with Gasteiger partial charge in [0.1, 0.15) is 0 Å². The highest BCUT2D eigenvalue weighted by Gasteiger charge is 2.14. The van der Waals surface area contributed by atoms with Gasteiger partial charge < -0.3 is 10.4 Å². The van der Waals surface area contributed by atoms with Crippen molar-refractivity contribution in [1.29, 1.82) is 0 Å². The Hall–Kier alpha value is -2.37. The Morgan fingerprint density at radius 2 is 1.95 bits per heavy atom. The fourth-order valence-electron chi connectivity index (χ4n) is 1.90. The Morgan fingerprint density at radius 1 is 1.24 bits per heavy atom. The fourth-order valence-corrected chi connectivity index (χ4v) is 1.90. The zero-order valence-electron chi connectivity index (χ0n) is 12.2. The molecule has 6 heteroatoms. The van der Waals surface area contributed by atoms with E-state index in [1.807, 2.05) is 25.1 Å². The highest BCUT2D eigenvalue weighted by molar-refractivity contribution is 6.01. The molecule has 0 spiro atoms. The molecule has 0 aliphatic carbocycles. The van der Waals surface area contributed by atoms with Crippen molar-refractivity contribution in [2.45, 2.75) is 33.1 Å². The normalized spacial score (nSPS) is 11.5. The van der Waals surface area contributed by atoms with E-state index in [1.54, 1.807) is 13.0 Å². The first kappa shape index (κ1) is 16.7. The van der Waals surface area contributed by atoms with Crippen LogP contribution in [0, 0.1) is 5.92 Å². The van der Waals surface area contributed by atoms with Crippen LogP contribution in [-0.2, 0) is 16.0 Å². The molecule has 0 aliphatic heterocycles. The van der Waals surface area contributed by atoms with Crippen molar-refractivity contribution in [3.63, 3.8) is 0 Å². The lowest BCUT2D eigenvalue weighted by Gasteiger charge is -2.10. The van der Waals surface area contributed by atoms with E-state index in [0.717, 1.165) is 12.0 Å². The number of urea groups is 1. The van der Waals surface area contributed by atoms with Gasteiger partial charge >= 0.3 is 12.0 Å². The number of imide groups is 1. The van der Waals surface area contributed by atoms with Crippen LogP contribution in [0.1, 0.15) is 32.3 Å². The summed E-state index contributed by atoms with van der Waals surface area (Å²) in [5, 5.41) is 13.4. The molecule has 114 valence electrons. The number of benzene rings is 1. The number of carboxylic acid groups (broad SMARTS) is 1. The second-order valence-corrected chi connectivity index (χ2v) is 4.96. The molecule has 1 aromatic rings. The average Bonchev–Trinajstić information content (AvgIpc) is 2.37. The quantitative estimate of drug-likeness (QED) is 0.750. The van der Waals surface area contributed by atoms with Gasteiger partial charge in [-0.05, 0) is 30.0 Å². The zero-order chi connectivity index (χ0) is 15.8. The maximum Gasteiger partial charge on any atom is 0.325 e. The monoisotopic (exact) mass is 292 g/mol. The maximum absolute atomic E-state index is 11.7. The Balaban J connectivity index is 2.45. The molecular formula is C15H20N2O4. The number of amides is 3. The molecule has 0 heterocycles. The number of nitrogens with one attached hydrogen (secondary N) is 2. The average molecular weight is 292 g/mol. The largest absolute Gasteiger partial charge is 0.481 e. The van der Waals surface area contributed by atoms with Crippen LogP contribution in [0.5, 0.6) is 0 Å². The summed E-state index contributed by atoms with van der Waals surface area (Å²) in [6, 6.07) is 6.72. The number of hydrogen-bond donors (Lipinski definition) is 3. The van der Waals surface area contributed by atoms with Crippen molar-refractivity contribution in [1.82, 2.24) is 5.32 Å². The van der Waals surface area contributed by atoms with Crippen LogP contribution in [-0.4, -0.2) is 23.0 Å². The summed E-state index contributed by atoms with van der Waals surface area (Å²) >= 11 is 0. The summed E-state index contributed by atoms with van der Waals surface area (Å²) in [4.78, 5) is 33.8. The lowest BCUT2D eigenvalue weighted by atomic mass is 10.0. The van der Waals surface area contributed by atoms with Crippen LogP contribution in [0.4, 0.5) is 10.5 Å². The Morgan fingerprint density at radius 3 is 2.57 bits per heavy atom. The van der Waals surface area contributed by atoms with Gasteiger partial charge in [0.05, 0.1) is 0 Å². The van der Waals surface area contributed by atoms with Gasteiger partial charge in [-0.3, -0.25) is 14.9 Å². The van der Waals surface area contributed by atoms with Crippen molar-refractivity contribution < 1.29 is 19.5 Å². The number of carbonyl (C=O) groups excluding carboxylic acids is 2. The molecule has 0 saturated heterocycles. The van der Waals surface area contributed by atoms with E-state index in [1.165, 1.54) is 0 Å². The van der Waals surface area contributed by atoms with Gasteiger partial charge in [0, 0.05) is 18.5 Å². The molecule has 3 amide bonds. The third kappa shape index (κ3) is 6.56. The number of aliphatic carboxylic acids is 1. The second kappa shape index (κ2) is 8.04. The van der Waals surface area contributed by atoms with E-state index in [9.17, 15) is 14.4 Å². The van der Waals surface area contributed by atoms with Crippen LogP contribution >= 0.6 is 0 Å². The molecule has 1 aromatic carbocycles. The first-order chi connectivity index (χ1) is 9.90. The highest BCUT2D eigenvalue weighted by atomic mass is 16.4. The van der Waals surface area contributed by atoms with Crippen molar-refractivity contribution in [3.8, 4) is 0 Å². The summed E-state index contributed by atoms with van der Waals surface area (Å²) in [6.07, 6.45) is 0.741. The minimum absolute atomic E-state index is 0.00524. The molecule has 6 nitrogen and oxygen atoms in total. The van der Waals surface area contributed by atoms with Gasteiger partial charge in [-0.2, -0.15) is 0 Å². The summed E-state index contributed by atoms with van der Waals surface area (Å²) in [6.45, 7) is 3.66. The number of anilines is 1. The van der Waals surface area contributed by atoms with E-state index in [4.69, 9.17) is 5.11 Å². The fraction of sp³-hybridized carbons (Fsp3) is 0.400. The Kier molecular flexibility index (Phi) is 6.39. The summed E-state index contributed by atoms with van der Waals surface area (Å²) in [5.41, 5.74) is 1.69. The van der Waals surface area contributed by atoms with Gasteiger partial charge in [0.25, 0.3) is 0 Å². The van der Waals surface area contributed by atoms with E-state index >= 15 is 0 Å². The summed E-state index contributed by atoms with van der Waals surface area (Å²) in [7, 11) is 0. The SMILES string of the molecule is CCc1cccc(NC(=O)NC(=O)CC(C)CC(=O)O)c1. The Bertz CT molecular complexity index is 528. The zero-order valence-corrected chi connectivity index (χ0v) is 12.2. The molecule has 0 bridgehead atoms. The smallest absolute Gasteiger partial charge is 0.325 e. The maximum atomic E-state index is 11.7. The molecule has 0 aromatic heterocycles. The minimum Gasteiger partial charge on any atom is -0.481 e. The van der Waals surface area contributed by atoms with Crippen LogP contribution in [0.3, 0.4) is 0 Å². The molecule has 21 heavy (non-hydrogen) atoms. The van der Waals surface area contributed by atoms with E-state index in [2.05, 4.69) is 10.6 Å². The number of aryl methyl sites for hydroxylation is 1. The summed E-state index contributed by atoms with van der Waals surface area (Å²) in [5.74, 6) is -1.78. The molecule has 1 rings (SSSR count). The number of hydrogen-bond acceptors (Lipinski definition) is 3. The van der Waals surface area contributed by atoms with Crippen molar-refractivity contribution >= 4 is 23.6 Å². The number of carbonyl (C=O) groups is 3. The highest BCUT2D eigenvalue weighted by Crippen LogP contribution is 2.11. The molecule has 1 atom stereocenters. The predicted octanol–water partition coefficient (Wildman–Crippen LogP) is 2.40. The molecule has 1 unspecified atom stereocenters. The van der Waals surface area contributed by atoms with Gasteiger partial charge in [-0.25, -0.2) is 4.79 Å². The van der Waals surface area contributed by atoms with Crippen LogP contribution < -0.4 is 10.6 Å². The molecule has 0 radical (unpaired) electrons. The van der Waals surface area contributed by atoms with Gasteiger partial charge in [0.15, 0.2) is 0 Å². The predicted molar refractivity (Wildman–Crippen MR) is 79.0 cm³/mol. The van der Waals surface area contributed by atoms with E-state index < -0.39 is 17.9 Å². The number of carboxylic acids is 1. The van der Waals surface area contributed by atoms with Crippen molar-refractivity contribution in [2.24, 2.45) is 5.92 Å². The van der Waals surface area contributed by atoms with Crippen molar-refractivity contribution in [3.05, 3.63) is 29.8 Å². The molecule has 3 N–H and O–H groups in total. The van der Waals surface area contributed by atoms with Crippen molar-refractivity contribution in [2.75, 3.05) is 5.32 Å². The van der Waals surface area contributed by atoms with E-state index in [-0.39, 0.29) is 18.8 Å². The lowest BCUT2D eigenvalue weighted by Crippen LogP contribution is -2.35. The Labute approximate surface area is 123 Å². The second-order valence-electron chi connectivity index (χ2n) is 4.96. The molecule has 0 aliphatic rings. The van der Waals surface area contributed by atoms with Gasteiger partial charge in [0.2, 0.25) is 5.91 Å². The molecule has 0 saturated carbocycles. The standard InChI is InChI=1S/C15H20N2O4/c1-3-11-5-4-6-12(9-11)16-15(21)17-13(18)7-10(2)8-14(19)20/h4-6,9-10H,3,7-8H2,1-2H3,(H,19,20)(H2,16,17,18,21). The van der Waals surface area contributed by atoms with Crippen LogP contribution in [0.2, 0.25) is 0 Å². The van der Waals surface area contributed by atoms with Crippen LogP contribution in [0.15, 0.2) is 24.3 Å². The topological polar surface area (TPSA) is 95.5 Å². The van der Waals surface area contributed by atoms with Crippen LogP contribution in [0.25, 0.3) is 0 Å².